The number of amides is 1. The Morgan fingerprint density at radius 2 is 2.00 bits per heavy atom. The number of esters is 1. The second-order valence-electron chi connectivity index (χ2n) is 4.59. The Morgan fingerprint density at radius 1 is 1.22 bits per heavy atom. The van der Waals surface area contributed by atoms with Crippen LogP contribution in [0, 0.1) is 0 Å². The summed E-state index contributed by atoms with van der Waals surface area (Å²) in [4.78, 5) is 36.2. The van der Waals surface area contributed by atoms with Gasteiger partial charge in [0.05, 0.1) is 12.8 Å². The van der Waals surface area contributed by atoms with Crippen molar-refractivity contribution < 1.29 is 18.7 Å². The zero-order valence-corrected chi connectivity index (χ0v) is 12.8. The SMILES string of the molecule is COC(=O)c1sccc1NC(=O)c1cc2ccccc2oc1=O. The van der Waals surface area contributed by atoms with Gasteiger partial charge in [0, 0.05) is 5.39 Å². The molecule has 6 nitrogen and oxygen atoms in total. The number of carbonyl (C=O) groups excluding carboxylic acids is 2. The van der Waals surface area contributed by atoms with Crippen LogP contribution < -0.4 is 10.9 Å². The molecule has 0 unspecified atom stereocenters. The minimum Gasteiger partial charge on any atom is -0.465 e. The van der Waals surface area contributed by atoms with E-state index in [0.29, 0.717) is 16.7 Å². The third-order valence-electron chi connectivity index (χ3n) is 3.17. The third kappa shape index (κ3) is 2.86. The van der Waals surface area contributed by atoms with Gasteiger partial charge in [0.15, 0.2) is 0 Å². The Bertz CT molecular complexity index is 956. The van der Waals surface area contributed by atoms with Gasteiger partial charge in [0.2, 0.25) is 0 Å². The van der Waals surface area contributed by atoms with Crippen LogP contribution >= 0.6 is 11.3 Å². The molecule has 0 atom stereocenters. The van der Waals surface area contributed by atoms with Crippen LogP contribution in [0.3, 0.4) is 0 Å². The summed E-state index contributed by atoms with van der Waals surface area (Å²) in [7, 11) is 1.26. The second-order valence-corrected chi connectivity index (χ2v) is 5.51. The molecule has 0 bridgehead atoms. The van der Waals surface area contributed by atoms with Crippen molar-refractivity contribution in [3.63, 3.8) is 0 Å². The molecule has 0 saturated carbocycles. The van der Waals surface area contributed by atoms with Crippen LogP contribution in [0.4, 0.5) is 5.69 Å². The predicted octanol–water partition coefficient (Wildman–Crippen LogP) is 2.89. The lowest BCUT2D eigenvalue weighted by Crippen LogP contribution is -2.21. The number of rotatable bonds is 3. The van der Waals surface area contributed by atoms with Crippen molar-refractivity contribution in [2.24, 2.45) is 0 Å². The van der Waals surface area contributed by atoms with Gasteiger partial charge in [-0.05, 0) is 23.6 Å². The van der Waals surface area contributed by atoms with Crippen molar-refractivity contribution in [2.75, 3.05) is 12.4 Å². The number of anilines is 1. The van der Waals surface area contributed by atoms with E-state index in [1.165, 1.54) is 13.2 Å². The quantitative estimate of drug-likeness (QED) is 0.590. The molecule has 3 aromatic rings. The first kappa shape index (κ1) is 15.0. The van der Waals surface area contributed by atoms with Gasteiger partial charge in [-0.15, -0.1) is 11.3 Å². The number of methoxy groups -OCH3 is 1. The van der Waals surface area contributed by atoms with Crippen molar-refractivity contribution in [1.29, 1.82) is 0 Å². The highest BCUT2D eigenvalue weighted by atomic mass is 32.1. The number of thiophene rings is 1. The van der Waals surface area contributed by atoms with Gasteiger partial charge < -0.3 is 14.5 Å². The van der Waals surface area contributed by atoms with Gasteiger partial charge in [0.1, 0.15) is 16.0 Å². The van der Waals surface area contributed by atoms with Gasteiger partial charge in [-0.2, -0.15) is 0 Å². The van der Waals surface area contributed by atoms with Crippen LogP contribution in [-0.4, -0.2) is 19.0 Å². The number of benzene rings is 1. The van der Waals surface area contributed by atoms with E-state index >= 15 is 0 Å². The highest BCUT2D eigenvalue weighted by Gasteiger charge is 2.19. The first-order valence-corrected chi connectivity index (χ1v) is 7.48. The average molecular weight is 329 g/mol. The number of nitrogens with one attached hydrogen (secondary N) is 1. The largest absolute Gasteiger partial charge is 0.465 e. The molecule has 0 spiro atoms. The van der Waals surface area contributed by atoms with E-state index < -0.39 is 17.5 Å². The van der Waals surface area contributed by atoms with Crippen LogP contribution in [0.1, 0.15) is 20.0 Å². The third-order valence-corrected chi connectivity index (χ3v) is 4.06. The van der Waals surface area contributed by atoms with Gasteiger partial charge >= 0.3 is 11.6 Å². The number of ether oxygens (including phenoxy) is 1. The van der Waals surface area contributed by atoms with E-state index in [2.05, 4.69) is 10.1 Å². The Balaban J connectivity index is 1.95. The first-order chi connectivity index (χ1) is 11.1. The van der Waals surface area contributed by atoms with E-state index in [-0.39, 0.29) is 10.4 Å². The van der Waals surface area contributed by atoms with Gasteiger partial charge in [0.25, 0.3) is 5.91 Å². The van der Waals surface area contributed by atoms with E-state index in [0.717, 1.165) is 11.3 Å². The maximum Gasteiger partial charge on any atom is 0.350 e. The molecule has 1 N–H and O–H groups in total. The van der Waals surface area contributed by atoms with Gasteiger partial charge in [-0.3, -0.25) is 4.79 Å². The van der Waals surface area contributed by atoms with Crippen molar-refractivity contribution in [3.8, 4) is 0 Å². The molecule has 3 rings (SSSR count). The fourth-order valence-electron chi connectivity index (χ4n) is 2.07. The van der Waals surface area contributed by atoms with Crippen LogP contribution in [-0.2, 0) is 4.74 Å². The molecule has 1 amide bonds. The summed E-state index contributed by atoms with van der Waals surface area (Å²) >= 11 is 1.14. The maximum atomic E-state index is 12.3. The molecule has 0 aliphatic heterocycles. The summed E-state index contributed by atoms with van der Waals surface area (Å²) in [5.41, 5.74) is -0.180. The summed E-state index contributed by atoms with van der Waals surface area (Å²) < 4.78 is 9.77. The predicted molar refractivity (Wildman–Crippen MR) is 86.1 cm³/mol. The smallest absolute Gasteiger partial charge is 0.350 e. The van der Waals surface area contributed by atoms with Crippen molar-refractivity contribution in [3.05, 3.63) is 62.6 Å². The highest BCUT2D eigenvalue weighted by Crippen LogP contribution is 2.23. The molecule has 116 valence electrons. The Kier molecular flexibility index (Phi) is 3.94. The number of hydrogen-bond acceptors (Lipinski definition) is 6. The summed E-state index contributed by atoms with van der Waals surface area (Å²) in [6.45, 7) is 0. The summed E-state index contributed by atoms with van der Waals surface area (Å²) in [6, 6.07) is 9.92. The lowest BCUT2D eigenvalue weighted by atomic mass is 10.2. The van der Waals surface area contributed by atoms with Crippen LogP contribution in [0.15, 0.2) is 51.0 Å². The number of hydrogen-bond donors (Lipinski definition) is 1. The average Bonchev–Trinajstić information content (AvgIpc) is 3.01. The van der Waals surface area contributed by atoms with Crippen LogP contribution in [0.2, 0.25) is 0 Å². The molecular formula is C16H11NO5S. The standard InChI is InChI=1S/C16H11NO5S/c1-21-16(20)13-11(6-7-23-13)17-14(18)10-8-9-4-2-3-5-12(9)22-15(10)19/h2-8H,1H3,(H,17,18). The number of para-hydroxylation sites is 1. The molecule has 1 aromatic carbocycles. The molecule has 7 heteroatoms. The number of carbonyl (C=O) groups is 2. The van der Waals surface area contributed by atoms with Crippen molar-refractivity contribution >= 4 is 39.9 Å². The summed E-state index contributed by atoms with van der Waals surface area (Å²) in [5.74, 6) is -1.20. The topological polar surface area (TPSA) is 85.6 Å². The van der Waals surface area contributed by atoms with E-state index in [9.17, 15) is 14.4 Å². The first-order valence-electron chi connectivity index (χ1n) is 6.60. The molecule has 23 heavy (non-hydrogen) atoms. The van der Waals surface area contributed by atoms with Crippen LogP contribution in [0.5, 0.6) is 0 Å². The second kappa shape index (κ2) is 6.05. The zero-order chi connectivity index (χ0) is 16.4. The van der Waals surface area contributed by atoms with Crippen molar-refractivity contribution in [1.82, 2.24) is 0 Å². The lowest BCUT2D eigenvalue weighted by molar-refractivity contribution is 0.0607. The monoisotopic (exact) mass is 329 g/mol. The van der Waals surface area contributed by atoms with Gasteiger partial charge in [-0.1, -0.05) is 18.2 Å². The normalized spacial score (nSPS) is 10.5. The highest BCUT2D eigenvalue weighted by molar-refractivity contribution is 7.12. The summed E-state index contributed by atoms with van der Waals surface area (Å²) in [6.07, 6.45) is 0. The Labute approximate surface area is 134 Å². The number of fused-ring (bicyclic) bond motifs is 1. The molecule has 2 heterocycles. The molecule has 0 fully saturated rings. The molecular weight excluding hydrogens is 318 g/mol. The minimum absolute atomic E-state index is 0.134. The zero-order valence-electron chi connectivity index (χ0n) is 12.0. The fourth-order valence-corrected chi connectivity index (χ4v) is 2.83. The Hall–Kier alpha value is -2.93. The van der Waals surface area contributed by atoms with Crippen LogP contribution in [0.25, 0.3) is 11.0 Å². The Morgan fingerprint density at radius 3 is 2.78 bits per heavy atom. The van der Waals surface area contributed by atoms with E-state index in [4.69, 9.17) is 4.42 Å². The van der Waals surface area contributed by atoms with Crippen molar-refractivity contribution in [2.45, 2.75) is 0 Å². The van der Waals surface area contributed by atoms with E-state index in [1.54, 1.807) is 35.7 Å². The molecule has 0 aliphatic rings. The van der Waals surface area contributed by atoms with E-state index in [1.807, 2.05) is 0 Å². The summed E-state index contributed by atoms with van der Waals surface area (Å²) in [5, 5.41) is 4.82. The molecule has 0 saturated heterocycles. The fraction of sp³-hybridized carbons (Fsp3) is 0.0625. The molecule has 0 aliphatic carbocycles. The molecule has 0 radical (unpaired) electrons. The minimum atomic E-state index is -0.740. The maximum absolute atomic E-state index is 12.3. The van der Waals surface area contributed by atoms with Gasteiger partial charge in [-0.25, -0.2) is 9.59 Å². The molecule has 2 aromatic heterocycles. The lowest BCUT2D eigenvalue weighted by Gasteiger charge is -2.05.